The van der Waals surface area contributed by atoms with E-state index in [1.165, 1.54) is 12.5 Å². The van der Waals surface area contributed by atoms with Crippen LogP contribution in [0.15, 0.2) is 11.6 Å². The van der Waals surface area contributed by atoms with E-state index in [1.54, 1.807) is 0 Å². The van der Waals surface area contributed by atoms with Crippen molar-refractivity contribution in [1.82, 2.24) is 0 Å². The van der Waals surface area contributed by atoms with Gasteiger partial charge in [0, 0.05) is 12.8 Å². The fourth-order valence-corrected chi connectivity index (χ4v) is 4.06. The second-order valence-corrected chi connectivity index (χ2v) is 7.64. The molecular weight excluding hydrogens is 296 g/mol. The quantitative estimate of drug-likeness (QED) is 0.422. The molecule has 0 unspecified atom stereocenters. The van der Waals surface area contributed by atoms with Gasteiger partial charge in [0.15, 0.2) is 0 Å². The molecule has 0 aromatic carbocycles. The highest BCUT2D eigenvalue weighted by atomic mass is 16.7. The van der Waals surface area contributed by atoms with Crippen LogP contribution in [0.4, 0.5) is 0 Å². The molecule has 0 aromatic rings. The molecule has 1 aliphatic carbocycles. The maximum Gasteiger partial charge on any atom is 0.309 e. The standard InChI is InChI=1S/C18H26O5/c1-10-6-7-17(4)18(5,23-17)15(21-12(3)19)9-13-11(2)16(20)22-14(13)8-10/h8,11,13-15H,6-7,9H2,1-5H3/t11-,13-,14+,15-,17+,18-/m0/s1. The van der Waals surface area contributed by atoms with Crippen LogP contribution in [0.5, 0.6) is 0 Å². The number of hydrogen-bond donors (Lipinski definition) is 0. The van der Waals surface area contributed by atoms with Gasteiger partial charge in [-0.3, -0.25) is 9.59 Å². The van der Waals surface area contributed by atoms with Crippen molar-refractivity contribution in [2.75, 3.05) is 0 Å². The van der Waals surface area contributed by atoms with Crippen molar-refractivity contribution in [2.45, 2.75) is 77.3 Å². The first-order valence-corrected chi connectivity index (χ1v) is 8.41. The first-order valence-electron chi connectivity index (χ1n) is 8.41. The zero-order valence-electron chi connectivity index (χ0n) is 14.5. The SMILES string of the molecule is CC(=O)O[C@H]1C[C@H]2[C@H](C)C(=O)O[C@@H]2C=C(C)CC[C@@]2(C)O[C@@]12C. The van der Waals surface area contributed by atoms with Gasteiger partial charge in [-0.2, -0.15) is 0 Å². The zero-order valence-corrected chi connectivity index (χ0v) is 14.5. The van der Waals surface area contributed by atoms with E-state index in [0.717, 1.165) is 12.8 Å². The van der Waals surface area contributed by atoms with E-state index in [2.05, 4.69) is 19.9 Å². The Morgan fingerprint density at radius 3 is 2.74 bits per heavy atom. The van der Waals surface area contributed by atoms with Crippen molar-refractivity contribution in [3.8, 4) is 0 Å². The summed E-state index contributed by atoms with van der Waals surface area (Å²) in [5, 5.41) is 0. The van der Waals surface area contributed by atoms with Gasteiger partial charge in [0.2, 0.25) is 0 Å². The number of allylic oxidation sites excluding steroid dienone is 1. The van der Waals surface area contributed by atoms with Crippen LogP contribution in [-0.2, 0) is 23.8 Å². The molecule has 3 rings (SSSR count). The zero-order chi connectivity index (χ0) is 17.0. The largest absolute Gasteiger partial charge is 0.459 e. The molecular formula is C18H26O5. The lowest BCUT2D eigenvalue weighted by molar-refractivity contribution is -0.151. The van der Waals surface area contributed by atoms with Gasteiger partial charge in [0.25, 0.3) is 0 Å². The normalized spacial score (nSPS) is 46.1. The Morgan fingerprint density at radius 1 is 1.39 bits per heavy atom. The third-order valence-corrected chi connectivity index (χ3v) is 5.99. The molecule has 0 amide bonds. The fourth-order valence-electron chi connectivity index (χ4n) is 4.06. The van der Waals surface area contributed by atoms with Crippen molar-refractivity contribution in [3.63, 3.8) is 0 Å². The van der Waals surface area contributed by atoms with E-state index in [9.17, 15) is 9.59 Å². The maximum atomic E-state index is 12.0. The number of rotatable bonds is 1. The van der Waals surface area contributed by atoms with Crippen LogP contribution < -0.4 is 0 Å². The monoisotopic (exact) mass is 322 g/mol. The molecule has 2 saturated heterocycles. The lowest BCUT2D eigenvalue weighted by Gasteiger charge is -2.29. The molecule has 5 nitrogen and oxygen atoms in total. The molecule has 3 aliphatic rings. The molecule has 5 heteroatoms. The molecule has 0 bridgehead atoms. The predicted molar refractivity (Wildman–Crippen MR) is 83.6 cm³/mol. The molecule has 128 valence electrons. The van der Waals surface area contributed by atoms with Crippen LogP contribution in [0.1, 0.15) is 53.9 Å². The average molecular weight is 322 g/mol. The highest BCUT2D eigenvalue weighted by Crippen LogP contribution is 2.56. The van der Waals surface area contributed by atoms with Gasteiger partial charge < -0.3 is 14.2 Å². The summed E-state index contributed by atoms with van der Waals surface area (Å²) < 4.78 is 17.2. The number of hydrogen-bond acceptors (Lipinski definition) is 5. The molecule has 6 atom stereocenters. The Kier molecular flexibility index (Phi) is 3.82. The maximum absolute atomic E-state index is 12.0. The Bertz CT molecular complexity index is 568. The average Bonchev–Trinajstić information content (AvgIpc) is 2.92. The van der Waals surface area contributed by atoms with E-state index in [-0.39, 0.29) is 41.6 Å². The minimum absolute atomic E-state index is 0.00479. The van der Waals surface area contributed by atoms with E-state index in [1.807, 2.05) is 13.8 Å². The number of carbonyl (C=O) groups is 2. The number of epoxide rings is 1. The fraction of sp³-hybridized carbons (Fsp3) is 0.778. The van der Waals surface area contributed by atoms with Crippen molar-refractivity contribution in [3.05, 3.63) is 11.6 Å². The van der Waals surface area contributed by atoms with Gasteiger partial charge in [0.05, 0.1) is 11.5 Å². The summed E-state index contributed by atoms with van der Waals surface area (Å²) in [5.74, 6) is -0.679. The van der Waals surface area contributed by atoms with Crippen LogP contribution in [0.25, 0.3) is 0 Å². The van der Waals surface area contributed by atoms with Gasteiger partial charge in [0.1, 0.15) is 17.8 Å². The molecule has 2 fully saturated rings. The molecule has 0 aromatic heterocycles. The first-order chi connectivity index (χ1) is 10.7. The summed E-state index contributed by atoms with van der Waals surface area (Å²) in [6.45, 7) is 9.47. The van der Waals surface area contributed by atoms with Crippen molar-refractivity contribution < 1.29 is 23.8 Å². The molecule has 2 heterocycles. The Balaban J connectivity index is 1.95. The third kappa shape index (κ3) is 2.69. The van der Waals surface area contributed by atoms with E-state index >= 15 is 0 Å². The molecule has 0 saturated carbocycles. The number of fused-ring (bicyclic) bond motifs is 2. The molecule has 0 spiro atoms. The van der Waals surface area contributed by atoms with Crippen LogP contribution in [0.2, 0.25) is 0 Å². The lowest BCUT2D eigenvalue weighted by Crippen LogP contribution is -2.40. The van der Waals surface area contributed by atoms with Crippen LogP contribution in [-0.4, -0.2) is 35.3 Å². The summed E-state index contributed by atoms with van der Waals surface area (Å²) >= 11 is 0. The van der Waals surface area contributed by atoms with E-state index in [4.69, 9.17) is 14.2 Å². The second kappa shape index (κ2) is 5.33. The van der Waals surface area contributed by atoms with Gasteiger partial charge in [-0.25, -0.2) is 0 Å². The summed E-state index contributed by atoms with van der Waals surface area (Å²) in [7, 11) is 0. The van der Waals surface area contributed by atoms with Gasteiger partial charge in [-0.1, -0.05) is 12.5 Å². The van der Waals surface area contributed by atoms with Gasteiger partial charge in [-0.05, 0) is 46.1 Å². The van der Waals surface area contributed by atoms with E-state index in [0.29, 0.717) is 6.42 Å². The lowest BCUT2D eigenvalue weighted by atomic mass is 9.77. The summed E-state index contributed by atoms with van der Waals surface area (Å²) in [4.78, 5) is 23.6. The van der Waals surface area contributed by atoms with Crippen LogP contribution in [0.3, 0.4) is 0 Å². The summed E-state index contributed by atoms with van der Waals surface area (Å²) in [6.07, 6.45) is 3.79. The Hall–Kier alpha value is -1.36. The first kappa shape index (κ1) is 16.5. The highest BCUT2D eigenvalue weighted by molar-refractivity contribution is 5.75. The van der Waals surface area contributed by atoms with Crippen LogP contribution >= 0.6 is 0 Å². The number of esters is 2. The Labute approximate surface area is 137 Å². The molecule has 2 aliphatic heterocycles. The number of carbonyl (C=O) groups excluding carboxylic acids is 2. The van der Waals surface area contributed by atoms with Gasteiger partial charge >= 0.3 is 11.9 Å². The summed E-state index contributed by atoms with van der Waals surface area (Å²) in [6, 6.07) is 0. The molecule has 0 N–H and O–H groups in total. The highest BCUT2D eigenvalue weighted by Gasteiger charge is 2.68. The second-order valence-electron chi connectivity index (χ2n) is 7.64. The van der Waals surface area contributed by atoms with Crippen molar-refractivity contribution in [1.29, 1.82) is 0 Å². The molecule has 0 radical (unpaired) electrons. The van der Waals surface area contributed by atoms with E-state index < -0.39 is 5.60 Å². The van der Waals surface area contributed by atoms with Crippen molar-refractivity contribution >= 4 is 11.9 Å². The van der Waals surface area contributed by atoms with Crippen molar-refractivity contribution in [2.24, 2.45) is 11.8 Å². The number of ether oxygens (including phenoxy) is 3. The third-order valence-electron chi connectivity index (χ3n) is 5.99. The topological polar surface area (TPSA) is 65.1 Å². The predicted octanol–water partition coefficient (Wildman–Crippen LogP) is 2.77. The minimum atomic E-state index is -0.494. The van der Waals surface area contributed by atoms with Gasteiger partial charge in [-0.15, -0.1) is 0 Å². The Morgan fingerprint density at radius 2 is 2.09 bits per heavy atom. The smallest absolute Gasteiger partial charge is 0.309 e. The minimum Gasteiger partial charge on any atom is -0.459 e. The molecule has 23 heavy (non-hydrogen) atoms. The van der Waals surface area contributed by atoms with Crippen LogP contribution in [0, 0.1) is 11.8 Å². The summed E-state index contributed by atoms with van der Waals surface area (Å²) in [5.41, 5.74) is 0.431.